The molecule has 94 valence electrons. The van der Waals surface area contributed by atoms with Crippen LogP contribution < -0.4 is 5.32 Å². The van der Waals surface area contributed by atoms with Gasteiger partial charge in [-0.25, -0.2) is 4.52 Å². The van der Waals surface area contributed by atoms with E-state index in [1.54, 1.807) is 28.9 Å². The maximum absolute atomic E-state index is 10.0. The van der Waals surface area contributed by atoms with Gasteiger partial charge in [0.25, 0.3) is 0 Å². The van der Waals surface area contributed by atoms with Crippen LogP contribution in [0.1, 0.15) is 5.69 Å². The molecule has 1 aromatic carbocycles. The Morgan fingerprint density at radius 1 is 1.16 bits per heavy atom. The second-order valence-electron chi connectivity index (χ2n) is 4.14. The molecule has 3 aromatic rings. The van der Waals surface area contributed by atoms with Crippen molar-refractivity contribution in [3.8, 4) is 5.75 Å². The highest BCUT2D eigenvalue weighted by atomic mass is 16.3. The van der Waals surface area contributed by atoms with Gasteiger partial charge in [0.2, 0.25) is 0 Å². The standard InChI is InChI=1S/C15H13N3O/c1-2-12-14(16-11-7-4-3-5-8-11)15-13(19)9-6-10-18(15)17-12/h2-10,16,19H,1H2. The summed E-state index contributed by atoms with van der Waals surface area (Å²) in [6.45, 7) is 3.76. The van der Waals surface area contributed by atoms with Crippen LogP contribution in [0.2, 0.25) is 0 Å². The fourth-order valence-electron chi connectivity index (χ4n) is 2.03. The normalized spacial score (nSPS) is 10.5. The lowest BCUT2D eigenvalue weighted by atomic mass is 10.2. The number of benzene rings is 1. The fourth-order valence-corrected chi connectivity index (χ4v) is 2.03. The third-order valence-corrected chi connectivity index (χ3v) is 2.90. The van der Waals surface area contributed by atoms with Gasteiger partial charge in [0, 0.05) is 11.9 Å². The molecule has 0 spiro atoms. The van der Waals surface area contributed by atoms with Gasteiger partial charge in [-0.05, 0) is 30.3 Å². The molecule has 0 unspecified atom stereocenters. The second-order valence-corrected chi connectivity index (χ2v) is 4.14. The minimum atomic E-state index is 0.182. The van der Waals surface area contributed by atoms with Crippen LogP contribution in [-0.2, 0) is 0 Å². The summed E-state index contributed by atoms with van der Waals surface area (Å²) >= 11 is 0. The molecule has 2 N–H and O–H groups in total. The first-order valence-electron chi connectivity index (χ1n) is 5.94. The number of aromatic nitrogens is 2. The van der Waals surface area contributed by atoms with E-state index < -0.39 is 0 Å². The Morgan fingerprint density at radius 3 is 2.68 bits per heavy atom. The first kappa shape index (κ1) is 11.3. The van der Waals surface area contributed by atoms with Crippen LogP contribution in [0.3, 0.4) is 0 Å². The fraction of sp³-hybridized carbons (Fsp3) is 0. The predicted molar refractivity (Wildman–Crippen MR) is 76.7 cm³/mol. The zero-order valence-corrected chi connectivity index (χ0v) is 10.2. The average molecular weight is 251 g/mol. The number of pyridine rings is 1. The van der Waals surface area contributed by atoms with Gasteiger partial charge < -0.3 is 10.4 Å². The minimum absolute atomic E-state index is 0.182. The molecule has 0 aliphatic carbocycles. The number of para-hydroxylation sites is 1. The highest BCUT2D eigenvalue weighted by Gasteiger charge is 2.13. The monoisotopic (exact) mass is 251 g/mol. The van der Waals surface area contributed by atoms with Crippen LogP contribution in [0.25, 0.3) is 11.6 Å². The van der Waals surface area contributed by atoms with Crippen molar-refractivity contribution in [2.45, 2.75) is 0 Å². The minimum Gasteiger partial charge on any atom is -0.506 e. The van der Waals surface area contributed by atoms with E-state index >= 15 is 0 Å². The van der Waals surface area contributed by atoms with Gasteiger partial charge >= 0.3 is 0 Å². The highest BCUT2D eigenvalue weighted by Crippen LogP contribution is 2.32. The van der Waals surface area contributed by atoms with Gasteiger partial charge in [-0.3, -0.25) is 0 Å². The van der Waals surface area contributed by atoms with E-state index in [2.05, 4.69) is 17.0 Å². The summed E-state index contributed by atoms with van der Waals surface area (Å²) in [4.78, 5) is 0. The Hall–Kier alpha value is -2.75. The van der Waals surface area contributed by atoms with Crippen molar-refractivity contribution >= 4 is 23.0 Å². The number of hydrogen-bond donors (Lipinski definition) is 2. The smallest absolute Gasteiger partial charge is 0.143 e. The van der Waals surface area contributed by atoms with Gasteiger partial charge in [-0.15, -0.1) is 0 Å². The summed E-state index contributed by atoms with van der Waals surface area (Å²) in [6, 6.07) is 13.1. The lowest BCUT2D eigenvalue weighted by Crippen LogP contribution is -1.91. The van der Waals surface area contributed by atoms with Crippen LogP contribution in [0.5, 0.6) is 5.75 Å². The number of aromatic hydroxyl groups is 1. The third-order valence-electron chi connectivity index (χ3n) is 2.90. The van der Waals surface area contributed by atoms with Crippen molar-refractivity contribution in [1.82, 2.24) is 9.61 Å². The zero-order chi connectivity index (χ0) is 13.2. The number of hydrogen-bond acceptors (Lipinski definition) is 3. The highest BCUT2D eigenvalue weighted by molar-refractivity contribution is 5.87. The number of anilines is 2. The summed E-state index contributed by atoms with van der Waals surface area (Å²) in [7, 11) is 0. The summed E-state index contributed by atoms with van der Waals surface area (Å²) in [5, 5.41) is 17.6. The molecular weight excluding hydrogens is 238 g/mol. The molecule has 0 saturated heterocycles. The zero-order valence-electron chi connectivity index (χ0n) is 10.2. The number of nitrogens with one attached hydrogen (secondary N) is 1. The molecule has 3 rings (SSSR count). The van der Waals surface area contributed by atoms with Crippen molar-refractivity contribution in [3.05, 3.63) is 60.9 Å². The Morgan fingerprint density at radius 2 is 1.95 bits per heavy atom. The molecule has 19 heavy (non-hydrogen) atoms. The second kappa shape index (κ2) is 4.49. The molecule has 0 bridgehead atoms. The van der Waals surface area contributed by atoms with Crippen LogP contribution in [0.15, 0.2) is 55.2 Å². The summed E-state index contributed by atoms with van der Waals surface area (Å²) < 4.78 is 1.64. The molecule has 0 aliphatic heterocycles. The average Bonchev–Trinajstić information content (AvgIpc) is 2.79. The first-order valence-corrected chi connectivity index (χ1v) is 5.94. The Balaban J connectivity index is 2.18. The molecule has 2 heterocycles. The van der Waals surface area contributed by atoms with E-state index in [4.69, 9.17) is 0 Å². The third kappa shape index (κ3) is 1.93. The Kier molecular flexibility index (Phi) is 2.68. The molecule has 0 atom stereocenters. The van der Waals surface area contributed by atoms with Crippen LogP contribution >= 0.6 is 0 Å². The number of nitrogens with zero attached hydrogens (tertiary/aromatic N) is 2. The van der Waals surface area contributed by atoms with Gasteiger partial charge in [0.1, 0.15) is 17.0 Å². The van der Waals surface area contributed by atoms with E-state index in [1.807, 2.05) is 30.3 Å². The molecular formula is C15H13N3O. The summed E-state index contributed by atoms with van der Waals surface area (Å²) in [6.07, 6.45) is 3.45. The lowest BCUT2D eigenvalue weighted by molar-refractivity contribution is 0.478. The first-order chi connectivity index (χ1) is 9.29. The Labute approximate surface area is 110 Å². The molecule has 0 amide bonds. The van der Waals surface area contributed by atoms with Crippen LogP contribution in [0.4, 0.5) is 11.4 Å². The van der Waals surface area contributed by atoms with Crippen molar-refractivity contribution in [2.24, 2.45) is 0 Å². The lowest BCUT2D eigenvalue weighted by Gasteiger charge is -2.06. The molecule has 4 heteroatoms. The largest absolute Gasteiger partial charge is 0.506 e. The molecule has 2 aromatic heterocycles. The molecule has 4 nitrogen and oxygen atoms in total. The molecule has 0 saturated carbocycles. The van der Waals surface area contributed by atoms with Gasteiger partial charge in [-0.2, -0.15) is 5.10 Å². The quantitative estimate of drug-likeness (QED) is 0.749. The van der Waals surface area contributed by atoms with Crippen molar-refractivity contribution in [2.75, 3.05) is 5.32 Å². The van der Waals surface area contributed by atoms with Crippen molar-refractivity contribution in [1.29, 1.82) is 0 Å². The molecule has 0 radical (unpaired) electrons. The van der Waals surface area contributed by atoms with Crippen molar-refractivity contribution in [3.63, 3.8) is 0 Å². The SMILES string of the molecule is C=Cc1nn2cccc(O)c2c1Nc1ccccc1. The van der Waals surface area contributed by atoms with E-state index in [-0.39, 0.29) is 5.75 Å². The number of rotatable bonds is 3. The van der Waals surface area contributed by atoms with Gasteiger partial charge in [0.05, 0.1) is 5.69 Å². The van der Waals surface area contributed by atoms with Gasteiger partial charge in [-0.1, -0.05) is 24.8 Å². The topological polar surface area (TPSA) is 49.6 Å². The molecule has 0 aliphatic rings. The van der Waals surface area contributed by atoms with E-state index in [1.165, 1.54) is 0 Å². The van der Waals surface area contributed by atoms with E-state index in [0.717, 1.165) is 11.4 Å². The maximum Gasteiger partial charge on any atom is 0.143 e. The van der Waals surface area contributed by atoms with E-state index in [9.17, 15) is 5.11 Å². The van der Waals surface area contributed by atoms with E-state index in [0.29, 0.717) is 11.2 Å². The predicted octanol–water partition coefficient (Wildman–Crippen LogP) is 3.43. The summed E-state index contributed by atoms with van der Waals surface area (Å²) in [5.41, 5.74) is 3.02. The summed E-state index contributed by atoms with van der Waals surface area (Å²) in [5.74, 6) is 0.182. The van der Waals surface area contributed by atoms with Crippen LogP contribution in [-0.4, -0.2) is 14.7 Å². The van der Waals surface area contributed by atoms with Crippen LogP contribution in [0, 0.1) is 0 Å². The maximum atomic E-state index is 10.0. The van der Waals surface area contributed by atoms with Gasteiger partial charge in [0.15, 0.2) is 0 Å². The molecule has 0 fully saturated rings. The van der Waals surface area contributed by atoms with Crippen molar-refractivity contribution < 1.29 is 5.11 Å². The Bertz CT molecular complexity index is 732. The number of fused-ring (bicyclic) bond motifs is 1.